The van der Waals surface area contributed by atoms with E-state index in [0.717, 1.165) is 5.56 Å². The number of carboxylic acid groups (broad SMARTS) is 1. The third kappa shape index (κ3) is 3.65. The van der Waals surface area contributed by atoms with Crippen LogP contribution in [0.2, 0.25) is 0 Å². The molecular weight excluding hydrogens is 243 g/mol. The van der Waals surface area contributed by atoms with E-state index in [1.54, 1.807) is 12.1 Å². The Labute approximate surface area is 111 Å². The second-order valence-electron chi connectivity index (χ2n) is 4.47. The van der Waals surface area contributed by atoms with Crippen LogP contribution in [0.4, 0.5) is 4.39 Å². The van der Waals surface area contributed by atoms with E-state index in [4.69, 9.17) is 0 Å². The number of aryl methyl sites for hydroxylation is 1. The van der Waals surface area contributed by atoms with E-state index in [0.29, 0.717) is 18.4 Å². The van der Waals surface area contributed by atoms with Crippen molar-refractivity contribution in [2.45, 2.75) is 18.8 Å². The van der Waals surface area contributed by atoms with Gasteiger partial charge in [-0.2, -0.15) is 0 Å². The van der Waals surface area contributed by atoms with E-state index >= 15 is 0 Å². The van der Waals surface area contributed by atoms with Gasteiger partial charge in [-0.25, -0.2) is 4.39 Å². The zero-order chi connectivity index (χ0) is 13.7. The summed E-state index contributed by atoms with van der Waals surface area (Å²) in [6.45, 7) is 0. The lowest BCUT2D eigenvalue weighted by atomic mass is 9.92. The second kappa shape index (κ2) is 6.14. The van der Waals surface area contributed by atoms with Gasteiger partial charge in [0, 0.05) is 0 Å². The molecule has 1 N–H and O–H groups in total. The van der Waals surface area contributed by atoms with E-state index in [-0.39, 0.29) is 5.82 Å². The molecule has 0 aromatic heterocycles. The van der Waals surface area contributed by atoms with Crippen molar-refractivity contribution >= 4 is 5.97 Å². The summed E-state index contributed by atoms with van der Waals surface area (Å²) in [6.07, 6.45) is 1.19. The van der Waals surface area contributed by atoms with Gasteiger partial charge in [-0.1, -0.05) is 42.5 Å². The minimum absolute atomic E-state index is 0.351. The molecule has 98 valence electrons. The average molecular weight is 258 g/mol. The Kier molecular flexibility index (Phi) is 4.29. The number of rotatable bonds is 5. The van der Waals surface area contributed by atoms with Crippen LogP contribution < -0.4 is 0 Å². The highest BCUT2D eigenvalue weighted by Crippen LogP contribution is 2.22. The van der Waals surface area contributed by atoms with Crippen LogP contribution in [0.25, 0.3) is 0 Å². The summed E-state index contributed by atoms with van der Waals surface area (Å²) >= 11 is 0. The van der Waals surface area contributed by atoms with Gasteiger partial charge in [0.1, 0.15) is 5.82 Å². The molecule has 0 saturated heterocycles. The van der Waals surface area contributed by atoms with Crippen molar-refractivity contribution in [2.24, 2.45) is 0 Å². The SMILES string of the molecule is O=C(O)C(CCc1ccccc1)c1ccc(F)cc1. The predicted octanol–water partition coefficient (Wildman–Crippen LogP) is 3.63. The number of benzene rings is 2. The molecule has 1 unspecified atom stereocenters. The summed E-state index contributed by atoms with van der Waals surface area (Å²) in [5, 5.41) is 9.28. The first kappa shape index (κ1) is 13.3. The predicted molar refractivity (Wildman–Crippen MR) is 71.5 cm³/mol. The molecule has 2 nitrogen and oxygen atoms in total. The lowest BCUT2D eigenvalue weighted by Crippen LogP contribution is -2.12. The maximum atomic E-state index is 12.9. The quantitative estimate of drug-likeness (QED) is 0.889. The fourth-order valence-corrected chi connectivity index (χ4v) is 2.08. The van der Waals surface area contributed by atoms with Crippen molar-refractivity contribution in [3.63, 3.8) is 0 Å². The molecule has 0 aliphatic heterocycles. The Morgan fingerprint density at radius 1 is 1.05 bits per heavy atom. The zero-order valence-electron chi connectivity index (χ0n) is 10.4. The fraction of sp³-hybridized carbons (Fsp3) is 0.188. The molecule has 2 aromatic carbocycles. The summed E-state index contributed by atoms with van der Waals surface area (Å²) < 4.78 is 12.9. The number of carbonyl (C=O) groups is 1. The maximum Gasteiger partial charge on any atom is 0.310 e. The van der Waals surface area contributed by atoms with Crippen molar-refractivity contribution in [3.05, 3.63) is 71.5 Å². The van der Waals surface area contributed by atoms with E-state index in [2.05, 4.69) is 0 Å². The van der Waals surface area contributed by atoms with Crippen molar-refractivity contribution in [2.75, 3.05) is 0 Å². The molecule has 0 saturated carbocycles. The molecule has 2 aromatic rings. The second-order valence-corrected chi connectivity index (χ2v) is 4.47. The van der Waals surface area contributed by atoms with Crippen LogP contribution in [-0.4, -0.2) is 11.1 Å². The molecule has 1 atom stereocenters. The van der Waals surface area contributed by atoms with Gasteiger partial charge in [-0.05, 0) is 36.1 Å². The van der Waals surface area contributed by atoms with E-state index in [1.165, 1.54) is 12.1 Å². The van der Waals surface area contributed by atoms with Gasteiger partial charge >= 0.3 is 5.97 Å². The number of halogens is 1. The maximum absolute atomic E-state index is 12.9. The van der Waals surface area contributed by atoms with Crippen LogP contribution in [0, 0.1) is 5.82 Å². The van der Waals surface area contributed by atoms with Gasteiger partial charge in [0.15, 0.2) is 0 Å². The molecule has 0 spiro atoms. The highest BCUT2D eigenvalue weighted by Gasteiger charge is 2.19. The van der Waals surface area contributed by atoms with Crippen LogP contribution in [-0.2, 0) is 11.2 Å². The van der Waals surface area contributed by atoms with Crippen LogP contribution >= 0.6 is 0 Å². The minimum Gasteiger partial charge on any atom is -0.481 e. The lowest BCUT2D eigenvalue weighted by Gasteiger charge is -2.12. The number of hydrogen-bond acceptors (Lipinski definition) is 1. The zero-order valence-corrected chi connectivity index (χ0v) is 10.4. The average Bonchev–Trinajstić information content (AvgIpc) is 2.42. The Bertz CT molecular complexity index is 534. The molecule has 0 aliphatic rings. The summed E-state index contributed by atoms with van der Waals surface area (Å²) in [4.78, 5) is 11.3. The third-order valence-corrected chi connectivity index (χ3v) is 3.13. The van der Waals surface area contributed by atoms with Crippen LogP contribution in [0.1, 0.15) is 23.5 Å². The van der Waals surface area contributed by atoms with E-state index < -0.39 is 11.9 Å². The minimum atomic E-state index is -0.873. The standard InChI is InChI=1S/C16H15FO2/c17-14-9-7-13(8-10-14)15(16(18)19)11-6-12-4-2-1-3-5-12/h1-5,7-10,15H,6,11H2,(H,18,19). The molecule has 0 radical (unpaired) electrons. The first-order valence-electron chi connectivity index (χ1n) is 6.19. The number of aliphatic carboxylic acids is 1. The Balaban J connectivity index is 2.09. The Hall–Kier alpha value is -2.16. The normalized spacial score (nSPS) is 12.1. The first-order chi connectivity index (χ1) is 9.16. The molecule has 0 bridgehead atoms. The van der Waals surface area contributed by atoms with Crippen LogP contribution in [0.3, 0.4) is 0 Å². The van der Waals surface area contributed by atoms with Gasteiger partial charge in [-0.3, -0.25) is 4.79 Å². The summed E-state index contributed by atoms with van der Waals surface area (Å²) in [6, 6.07) is 15.4. The molecular formula is C16H15FO2. The molecule has 19 heavy (non-hydrogen) atoms. The van der Waals surface area contributed by atoms with Crippen molar-refractivity contribution in [1.29, 1.82) is 0 Å². The van der Waals surface area contributed by atoms with Crippen molar-refractivity contribution in [3.8, 4) is 0 Å². The lowest BCUT2D eigenvalue weighted by molar-refractivity contribution is -0.138. The number of carboxylic acids is 1. The molecule has 3 heteroatoms. The fourth-order valence-electron chi connectivity index (χ4n) is 2.08. The van der Waals surface area contributed by atoms with Crippen molar-refractivity contribution in [1.82, 2.24) is 0 Å². The monoisotopic (exact) mass is 258 g/mol. The molecule has 0 aliphatic carbocycles. The van der Waals surface area contributed by atoms with E-state index in [9.17, 15) is 14.3 Å². The molecule has 0 fully saturated rings. The smallest absolute Gasteiger partial charge is 0.310 e. The molecule has 0 amide bonds. The van der Waals surface area contributed by atoms with Gasteiger partial charge in [0.2, 0.25) is 0 Å². The highest BCUT2D eigenvalue weighted by molar-refractivity contribution is 5.76. The largest absolute Gasteiger partial charge is 0.481 e. The van der Waals surface area contributed by atoms with E-state index in [1.807, 2.05) is 30.3 Å². The highest BCUT2D eigenvalue weighted by atomic mass is 19.1. The van der Waals surface area contributed by atoms with Gasteiger partial charge < -0.3 is 5.11 Å². The topological polar surface area (TPSA) is 37.3 Å². The Morgan fingerprint density at radius 2 is 1.68 bits per heavy atom. The van der Waals surface area contributed by atoms with Crippen LogP contribution in [0.15, 0.2) is 54.6 Å². The summed E-state index contributed by atoms with van der Waals surface area (Å²) in [5.41, 5.74) is 1.75. The first-order valence-corrected chi connectivity index (χ1v) is 6.19. The Morgan fingerprint density at radius 3 is 2.26 bits per heavy atom. The third-order valence-electron chi connectivity index (χ3n) is 3.13. The molecule has 0 heterocycles. The number of hydrogen-bond donors (Lipinski definition) is 1. The van der Waals surface area contributed by atoms with Crippen LogP contribution in [0.5, 0.6) is 0 Å². The summed E-state index contributed by atoms with van der Waals surface area (Å²) in [5.74, 6) is -1.82. The molecule has 2 rings (SSSR count). The van der Waals surface area contributed by atoms with Crippen molar-refractivity contribution < 1.29 is 14.3 Å². The van der Waals surface area contributed by atoms with Gasteiger partial charge in [-0.15, -0.1) is 0 Å². The van der Waals surface area contributed by atoms with Gasteiger partial charge in [0.05, 0.1) is 5.92 Å². The van der Waals surface area contributed by atoms with Gasteiger partial charge in [0.25, 0.3) is 0 Å². The summed E-state index contributed by atoms with van der Waals surface area (Å²) in [7, 11) is 0.